The Hall–Kier alpha value is -1.10. The van der Waals surface area contributed by atoms with Gasteiger partial charge < -0.3 is 0 Å². The molecule has 1 aliphatic heterocycles. The zero-order chi connectivity index (χ0) is 11.8. The van der Waals surface area contributed by atoms with E-state index in [1.807, 2.05) is 0 Å². The normalized spacial score (nSPS) is 15.2. The van der Waals surface area contributed by atoms with Gasteiger partial charge in [-0.3, -0.25) is 4.31 Å². The smallest absolute Gasteiger partial charge is 0.235 e. The summed E-state index contributed by atoms with van der Waals surface area (Å²) in [6.45, 7) is 2.16. The van der Waals surface area contributed by atoms with Crippen molar-refractivity contribution in [2.45, 2.75) is 19.8 Å². The van der Waals surface area contributed by atoms with Crippen molar-refractivity contribution >= 4 is 15.7 Å². The van der Waals surface area contributed by atoms with Crippen LogP contribution in [0.15, 0.2) is 18.2 Å². The number of benzene rings is 1. The van der Waals surface area contributed by atoms with Gasteiger partial charge >= 0.3 is 0 Å². The van der Waals surface area contributed by atoms with Crippen LogP contribution < -0.4 is 4.31 Å². The molecule has 1 heterocycles. The summed E-state index contributed by atoms with van der Waals surface area (Å²) in [5.41, 5.74) is 1.02. The first-order valence-corrected chi connectivity index (χ1v) is 6.95. The van der Waals surface area contributed by atoms with Crippen molar-refractivity contribution in [1.29, 1.82) is 0 Å². The summed E-state index contributed by atoms with van der Waals surface area (Å²) in [4.78, 5) is 0. The molecular formula is C11H14FNO2S. The molecule has 0 fully saturated rings. The first-order valence-electron chi connectivity index (χ1n) is 5.34. The minimum absolute atomic E-state index is 0.0702. The molecule has 1 aromatic rings. The molecule has 3 nitrogen and oxygen atoms in total. The van der Waals surface area contributed by atoms with Crippen LogP contribution in [0.4, 0.5) is 10.1 Å². The molecule has 0 unspecified atom stereocenters. The minimum Gasteiger partial charge on any atom is -0.267 e. The van der Waals surface area contributed by atoms with Gasteiger partial charge in [0.1, 0.15) is 5.82 Å². The molecule has 2 rings (SSSR count). The van der Waals surface area contributed by atoms with Crippen molar-refractivity contribution in [1.82, 2.24) is 0 Å². The highest BCUT2D eigenvalue weighted by Gasteiger charge is 2.30. The molecule has 1 aliphatic rings. The van der Waals surface area contributed by atoms with Crippen molar-refractivity contribution in [2.24, 2.45) is 0 Å². The number of rotatable bonds is 3. The number of anilines is 1. The van der Waals surface area contributed by atoms with Crippen LogP contribution >= 0.6 is 0 Å². The lowest BCUT2D eigenvalue weighted by Gasteiger charge is -2.19. The Morgan fingerprint density at radius 1 is 1.44 bits per heavy atom. The molecule has 0 atom stereocenters. The number of nitrogens with zero attached hydrogens (tertiary/aromatic N) is 1. The Morgan fingerprint density at radius 3 is 2.88 bits per heavy atom. The molecule has 0 bridgehead atoms. The Labute approximate surface area is 94.9 Å². The molecule has 0 spiro atoms. The second-order valence-electron chi connectivity index (χ2n) is 3.89. The lowest BCUT2D eigenvalue weighted by Crippen LogP contribution is -2.31. The van der Waals surface area contributed by atoms with E-state index in [4.69, 9.17) is 0 Å². The predicted molar refractivity (Wildman–Crippen MR) is 61.5 cm³/mol. The van der Waals surface area contributed by atoms with Crippen molar-refractivity contribution in [2.75, 3.05) is 16.6 Å². The van der Waals surface area contributed by atoms with Gasteiger partial charge in [0.05, 0.1) is 11.4 Å². The molecular weight excluding hydrogens is 229 g/mol. The van der Waals surface area contributed by atoms with Crippen LogP contribution in [0.1, 0.15) is 18.9 Å². The SMILES string of the molecule is CCCS(=O)(=O)N1CCc2cccc(F)c21. The average Bonchev–Trinajstić information content (AvgIpc) is 2.63. The number of sulfonamides is 1. The summed E-state index contributed by atoms with van der Waals surface area (Å²) in [5.74, 6) is -0.379. The van der Waals surface area contributed by atoms with E-state index < -0.39 is 15.8 Å². The van der Waals surface area contributed by atoms with Crippen molar-refractivity contribution < 1.29 is 12.8 Å². The van der Waals surface area contributed by atoms with Crippen LogP contribution in [-0.4, -0.2) is 20.7 Å². The molecule has 0 saturated heterocycles. The summed E-state index contributed by atoms with van der Waals surface area (Å²) < 4.78 is 38.6. The third-order valence-corrected chi connectivity index (χ3v) is 4.66. The molecule has 1 aromatic carbocycles. The molecule has 0 radical (unpaired) electrons. The zero-order valence-corrected chi connectivity index (χ0v) is 9.93. The Morgan fingerprint density at radius 2 is 2.19 bits per heavy atom. The van der Waals surface area contributed by atoms with Gasteiger partial charge in [-0.25, -0.2) is 12.8 Å². The highest BCUT2D eigenvalue weighted by atomic mass is 32.2. The third kappa shape index (κ3) is 1.80. The van der Waals surface area contributed by atoms with Crippen molar-refractivity contribution in [3.05, 3.63) is 29.6 Å². The second kappa shape index (κ2) is 4.05. The van der Waals surface area contributed by atoms with Gasteiger partial charge in [-0.15, -0.1) is 0 Å². The molecule has 0 aromatic heterocycles. The molecule has 0 N–H and O–H groups in total. The summed E-state index contributed by atoms with van der Waals surface area (Å²) in [6, 6.07) is 4.70. The van der Waals surface area contributed by atoms with Gasteiger partial charge in [0.2, 0.25) is 10.0 Å². The van der Waals surface area contributed by atoms with Crippen LogP contribution in [0.25, 0.3) is 0 Å². The quantitative estimate of drug-likeness (QED) is 0.813. The lowest BCUT2D eigenvalue weighted by atomic mass is 10.2. The van der Waals surface area contributed by atoms with Crippen molar-refractivity contribution in [3.63, 3.8) is 0 Å². The van der Waals surface area contributed by atoms with E-state index in [9.17, 15) is 12.8 Å². The standard InChI is InChI=1S/C11H14FNO2S/c1-2-8-16(14,15)13-7-6-9-4-3-5-10(12)11(9)13/h3-5H,2,6-8H2,1H3. The summed E-state index contributed by atoms with van der Waals surface area (Å²) >= 11 is 0. The summed E-state index contributed by atoms with van der Waals surface area (Å²) in [5, 5.41) is 0. The Balaban J connectivity index is 2.44. The van der Waals surface area contributed by atoms with E-state index in [2.05, 4.69) is 0 Å². The first kappa shape index (κ1) is 11.4. The molecule has 0 saturated carbocycles. The Kier molecular flexibility index (Phi) is 2.88. The van der Waals surface area contributed by atoms with E-state index in [0.29, 0.717) is 19.4 Å². The molecule has 0 aliphatic carbocycles. The van der Waals surface area contributed by atoms with E-state index in [0.717, 1.165) is 5.56 Å². The van der Waals surface area contributed by atoms with E-state index in [-0.39, 0.29) is 11.4 Å². The average molecular weight is 243 g/mol. The fraction of sp³-hybridized carbons (Fsp3) is 0.455. The van der Waals surface area contributed by atoms with Crippen molar-refractivity contribution in [3.8, 4) is 0 Å². The number of halogens is 1. The third-order valence-electron chi connectivity index (χ3n) is 2.70. The largest absolute Gasteiger partial charge is 0.267 e. The fourth-order valence-electron chi connectivity index (χ4n) is 2.02. The van der Waals surface area contributed by atoms with Crippen LogP contribution in [0.2, 0.25) is 0 Å². The molecule has 5 heteroatoms. The van der Waals surface area contributed by atoms with Gasteiger partial charge in [-0.1, -0.05) is 19.1 Å². The topological polar surface area (TPSA) is 37.4 Å². The van der Waals surface area contributed by atoms with Gasteiger partial charge in [0.15, 0.2) is 0 Å². The van der Waals surface area contributed by atoms with Crippen LogP contribution in [-0.2, 0) is 16.4 Å². The molecule has 16 heavy (non-hydrogen) atoms. The maximum Gasteiger partial charge on any atom is 0.235 e. The number of para-hydroxylation sites is 1. The first-order chi connectivity index (χ1) is 7.56. The van der Waals surface area contributed by atoms with Gasteiger partial charge in [0, 0.05) is 6.54 Å². The van der Waals surface area contributed by atoms with E-state index >= 15 is 0 Å². The Bertz CT molecular complexity index is 499. The van der Waals surface area contributed by atoms with Gasteiger partial charge in [0.25, 0.3) is 0 Å². The zero-order valence-electron chi connectivity index (χ0n) is 9.11. The fourth-order valence-corrected chi connectivity index (χ4v) is 3.61. The number of fused-ring (bicyclic) bond motifs is 1. The van der Waals surface area contributed by atoms with E-state index in [1.165, 1.54) is 10.4 Å². The van der Waals surface area contributed by atoms with Gasteiger partial charge in [-0.2, -0.15) is 0 Å². The van der Waals surface area contributed by atoms with Crippen LogP contribution in [0.5, 0.6) is 0 Å². The maximum absolute atomic E-state index is 13.6. The molecule has 0 amide bonds. The number of hydrogen-bond donors (Lipinski definition) is 0. The van der Waals surface area contributed by atoms with Crippen LogP contribution in [0, 0.1) is 5.82 Å². The highest BCUT2D eigenvalue weighted by molar-refractivity contribution is 7.92. The second-order valence-corrected chi connectivity index (χ2v) is 5.90. The predicted octanol–water partition coefficient (Wildman–Crippen LogP) is 1.93. The van der Waals surface area contributed by atoms with Gasteiger partial charge in [-0.05, 0) is 24.5 Å². The van der Waals surface area contributed by atoms with Crippen LogP contribution in [0.3, 0.4) is 0 Å². The lowest BCUT2D eigenvalue weighted by molar-refractivity contribution is 0.587. The minimum atomic E-state index is -3.35. The summed E-state index contributed by atoms with van der Waals surface area (Å²) in [6.07, 6.45) is 1.14. The monoisotopic (exact) mass is 243 g/mol. The maximum atomic E-state index is 13.6. The molecule has 88 valence electrons. The summed E-state index contributed by atoms with van der Waals surface area (Å²) in [7, 11) is -3.35. The highest BCUT2D eigenvalue weighted by Crippen LogP contribution is 2.32. The van der Waals surface area contributed by atoms with E-state index in [1.54, 1.807) is 19.1 Å². The number of hydrogen-bond acceptors (Lipinski definition) is 2.